The van der Waals surface area contributed by atoms with Gasteiger partial charge in [0.1, 0.15) is 0 Å². The molecule has 0 atom stereocenters. The fourth-order valence-electron chi connectivity index (χ4n) is 4.08. The molecule has 1 saturated heterocycles. The molecule has 1 aliphatic heterocycles. The molecule has 0 spiro atoms. The Kier molecular flexibility index (Phi) is 4.64. The quantitative estimate of drug-likeness (QED) is 0.672. The van der Waals surface area contributed by atoms with E-state index >= 15 is 0 Å². The zero-order chi connectivity index (χ0) is 19.7. The van der Waals surface area contributed by atoms with E-state index in [0.717, 1.165) is 68.3 Å². The Balaban J connectivity index is 1.24. The third kappa shape index (κ3) is 3.56. The minimum atomic E-state index is -0.486. The largest absolute Gasteiger partial charge is 0.356 e. The van der Waals surface area contributed by atoms with Crippen LogP contribution in [0, 0.1) is 0 Å². The summed E-state index contributed by atoms with van der Waals surface area (Å²) in [6.45, 7) is 4.06. The van der Waals surface area contributed by atoms with Crippen molar-refractivity contribution in [3.05, 3.63) is 72.2 Å². The minimum absolute atomic E-state index is 0.197. The number of carbonyl (C=O) groups excluding carboxylic acids is 1. The summed E-state index contributed by atoms with van der Waals surface area (Å²) in [7, 11) is 0. The molecular formula is C23H24N4O2. The zero-order valence-electron chi connectivity index (χ0n) is 16.3. The molecule has 3 heterocycles. The van der Waals surface area contributed by atoms with Crippen LogP contribution in [0.5, 0.6) is 0 Å². The Morgan fingerprint density at radius 2 is 1.76 bits per heavy atom. The number of benzene rings is 1. The van der Waals surface area contributed by atoms with Gasteiger partial charge >= 0.3 is 0 Å². The van der Waals surface area contributed by atoms with E-state index in [1.165, 1.54) is 0 Å². The molecule has 1 aliphatic carbocycles. The van der Waals surface area contributed by atoms with Crippen molar-refractivity contribution in [2.24, 2.45) is 0 Å². The molecule has 2 fully saturated rings. The highest BCUT2D eigenvalue weighted by molar-refractivity contribution is 5.91. The Hall–Kier alpha value is -2.99. The van der Waals surface area contributed by atoms with Gasteiger partial charge in [-0.1, -0.05) is 41.6 Å². The molecule has 0 bridgehead atoms. The second-order valence-corrected chi connectivity index (χ2v) is 7.91. The normalized spacial score (nSPS) is 18.6. The van der Waals surface area contributed by atoms with Crippen molar-refractivity contribution < 1.29 is 9.32 Å². The summed E-state index contributed by atoms with van der Waals surface area (Å²) in [5.74, 6) is 0.919. The van der Waals surface area contributed by atoms with E-state index < -0.39 is 5.41 Å². The van der Waals surface area contributed by atoms with Crippen LogP contribution >= 0.6 is 0 Å². The number of hydrogen-bond acceptors (Lipinski definition) is 5. The SMILES string of the molecule is O=C(N1CCN(Cc2ccccn2)CC1)C1(c2cc(-c3ccccc3)on2)CC1. The monoisotopic (exact) mass is 388 g/mol. The van der Waals surface area contributed by atoms with E-state index in [1.54, 1.807) is 0 Å². The van der Waals surface area contributed by atoms with Gasteiger partial charge in [0.2, 0.25) is 5.91 Å². The van der Waals surface area contributed by atoms with E-state index in [2.05, 4.69) is 15.0 Å². The van der Waals surface area contributed by atoms with Crippen molar-refractivity contribution in [1.82, 2.24) is 19.9 Å². The average molecular weight is 388 g/mol. The molecule has 0 radical (unpaired) electrons. The Morgan fingerprint density at radius 3 is 2.45 bits per heavy atom. The lowest BCUT2D eigenvalue weighted by Gasteiger charge is -2.36. The number of rotatable bonds is 5. The molecule has 3 aromatic rings. The maximum Gasteiger partial charge on any atom is 0.235 e. The van der Waals surface area contributed by atoms with Crippen LogP contribution in [0.4, 0.5) is 0 Å². The van der Waals surface area contributed by atoms with E-state index in [4.69, 9.17) is 4.52 Å². The van der Waals surface area contributed by atoms with E-state index in [9.17, 15) is 4.79 Å². The van der Waals surface area contributed by atoms with Gasteiger partial charge in [0, 0.05) is 50.6 Å². The van der Waals surface area contributed by atoms with Crippen molar-refractivity contribution in [1.29, 1.82) is 0 Å². The highest BCUT2D eigenvalue weighted by atomic mass is 16.5. The molecule has 5 rings (SSSR count). The van der Waals surface area contributed by atoms with Crippen molar-refractivity contribution >= 4 is 5.91 Å². The average Bonchev–Trinajstić information content (AvgIpc) is 3.44. The van der Waals surface area contributed by atoms with E-state index in [1.807, 2.05) is 65.7 Å². The lowest BCUT2D eigenvalue weighted by atomic mass is 9.99. The fourth-order valence-corrected chi connectivity index (χ4v) is 4.08. The van der Waals surface area contributed by atoms with Crippen molar-refractivity contribution in [3.63, 3.8) is 0 Å². The number of hydrogen-bond donors (Lipinski definition) is 0. The summed E-state index contributed by atoms with van der Waals surface area (Å²) in [5, 5.41) is 4.27. The number of pyridine rings is 1. The molecule has 148 valence electrons. The molecule has 1 amide bonds. The molecule has 0 unspecified atom stereocenters. The smallest absolute Gasteiger partial charge is 0.235 e. The van der Waals surface area contributed by atoms with Gasteiger partial charge in [0.05, 0.1) is 16.8 Å². The van der Waals surface area contributed by atoms with Crippen LogP contribution in [-0.4, -0.2) is 52.0 Å². The number of amides is 1. The molecule has 29 heavy (non-hydrogen) atoms. The molecular weight excluding hydrogens is 364 g/mol. The van der Waals surface area contributed by atoms with E-state index in [-0.39, 0.29) is 5.91 Å². The van der Waals surface area contributed by atoms with Gasteiger partial charge in [-0.05, 0) is 25.0 Å². The first-order valence-corrected chi connectivity index (χ1v) is 10.2. The number of nitrogens with zero attached hydrogens (tertiary/aromatic N) is 4. The molecule has 6 nitrogen and oxygen atoms in total. The number of piperazine rings is 1. The van der Waals surface area contributed by atoms with Gasteiger partial charge in [0.25, 0.3) is 0 Å². The lowest BCUT2D eigenvalue weighted by Crippen LogP contribution is -2.51. The minimum Gasteiger partial charge on any atom is -0.356 e. The predicted molar refractivity (Wildman–Crippen MR) is 109 cm³/mol. The van der Waals surface area contributed by atoms with Crippen molar-refractivity contribution in [3.8, 4) is 11.3 Å². The maximum atomic E-state index is 13.3. The number of aromatic nitrogens is 2. The third-order valence-electron chi connectivity index (χ3n) is 5.99. The Bertz CT molecular complexity index is 974. The zero-order valence-corrected chi connectivity index (χ0v) is 16.3. The Labute approximate surface area is 170 Å². The molecule has 2 aliphatic rings. The summed E-state index contributed by atoms with van der Waals surface area (Å²) >= 11 is 0. The lowest BCUT2D eigenvalue weighted by molar-refractivity contribution is -0.136. The second kappa shape index (κ2) is 7.44. The van der Waals surface area contributed by atoms with Crippen LogP contribution in [0.25, 0.3) is 11.3 Å². The standard InChI is InChI=1S/C23H24N4O2/c28-22(27-14-12-26(13-15-27)17-19-8-4-5-11-24-19)23(9-10-23)21-16-20(29-25-21)18-6-2-1-3-7-18/h1-8,11,16H,9-10,12-15,17H2. The number of carbonyl (C=O) groups is 1. The Morgan fingerprint density at radius 1 is 1.00 bits per heavy atom. The summed E-state index contributed by atoms with van der Waals surface area (Å²) in [4.78, 5) is 22.1. The van der Waals surface area contributed by atoms with Gasteiger partial charge in [-0.25, -0.2) is 0 Å². The van der Waals surface area contributed by atoms with E-state index in [0.29, 0.717) is 0 Å². The topological polar surface area (TPSA) is 62.5 Å². The van der Waals surface area contributed by atoms with Gasteiger partial charge in [-0.3, -0.25) is 14.7 Å². The molecule has 6 heteroatoms. The highest BCUT2D eigenvalue weighted by Gasteiger charge is 2.55. The molecule has 0 N–H and O–H groups in total. The van der Waals surface area contributed by atoms with Crippen LogP contribution in [0.15, 0.2) is 65.3 Å². The van der Waals surface area contributed by atoms with Gasteiger partial charge in [-0.2, -0.15) is 0 Å². The van der Waals surface area contributed by atoms with Crippen LogP contribution < -0.4 is 0 Å². The second-order valence-electron chi connectivity index (χ2n) is 7.91. The van der Waals surface area contributed by atoms with Crippen LogP contribution in [0.3, 0.4) is 0 Å². The van der Waals surface area contributed by atoms with Crippen LogP contribution in [0.1, 0.15) is 24.2 Å². The molecule has 2 aromatic heterocycles. The fraction of sp³-hybridized carbons (Fsp3) is 0.348. The van der Waals surface area contributed by atoms with Crippen molar-refractivity contribution in [2.45, 2.75) is 24.8 Å². The summed E-state index contributed by atoms with van der Waals surface area (Å²) in [6.07, 6.45) is 3.52. The first-order chi connectivity index (χ1) is 14.2. The molecule has 1 aromatic carbocycles. The summed E-state index contributed by atoms with van der Waals surface area (Å²) in [5.41, 5.74) is 2.34. The predicted octanol–water partition coefficient (Wildman–Crippen LogP) is 3.11. The van der Waals surface area contributed by atoms with Gasteiger partial charge in [0.15, 0.2) is 5.76 Å². The van der Waals surface area contributed by atoms with Gasteiger partial charge < -0.3 is 9.42 Å². The van der Waals surface area contributed by atoms with Gasteiger partial charge in [-0.15, -0.1) is 0 Å². The summed E-state index contributed by atoms with van der Waals surface area (Å²) in [6, 6.07) is 17.8. The first kappa shape index (κ1) is 18.1. The highest BCUT2D eigenvalue weighted by Crippen LogP contribution is 2.49. The summed E-state index contributed by atoms with van der Waals surface area (Å²) < 4.78 is 5.56. The first-order valence-electron chi connectivity index (χ1n) is 10.2. The third-order valence-corrected chi connectivity index (χ3v) is 5.99. The van der Waals surface area contributed by atoms with Crippen LogP contribution in [-0.2, 0) is 16.8 Å². The van der Waals surface area contributed by atoms with Crippen molar-refractivity contribution in [2.75, 3.05) is 26.2 Å². The molecule has 1 saturated carbocycles. The van der Waals surface area contributed by atoms with Crippen LogP contribution in [0.2, 0.25) is 0 Å². The maximum absolute atomic E-state index is 13.3.